The van der Waals surface area contributed by atoms with Crippen LogP contribution in [0.15, 0.2) is 150 Å². The second-order valence-electron chi connectivity index (χ2n) is 9.50. The topological polar surface area (TPSA) is 36.8 Å². The first-order valence-corrected chi connectivity index (χ1v) is 12.9. The molecule has 3 nitrogen and oxygen atoms in total. The molecule has 0 aliphatic carbocycles. The largest absolute Gasteiger partial charge is 0.344 e. The summed E-state index contributed by atoms with van der Waals surface area (Å²) in [5.41, 5.74) is 5.61. The summed E-state index contributed by atoms with van der Waals surface area (Å²) in [5, 5.41) is 8.32. The van der Waals surface area contributed by atoms with Crippen LogP contribution >= 0.6 is 0 Å². The van der Waals surface area contributed by atoms with E-state index in [0.29, 0.717) is 0 Å². The lowest BCUT2D eigenvalue weighted by molar-refractivity contribution is 0.680. The molecule has 1 N–H and O–H groups in total. The number of nitrogens with one attached hydrogen (secondary N) is 1. The molecule has 1 heterocycles. The quantitative estimate of drug-likeness (QED) is 0.268. The van der Waals surface area contributed by atoms with Crippen molar-refractivity contribution in [2.24, 2.45) is 9.98 Å². The number of benzene rings is 6. The summed E-state index contributed by atoms with van der Waals surface area (Å²) >= 11 is 0. The lowest BCUT2D eigenvalue weighted by Crippen LogP contribution is -2.33. The maximum absolute atomic E-state index is 5.20. The number of hydrogen-bond acceptors (Lipinski definition) is 3. The minimum Gasteiger partial charge on any atom is -0.344 e. The van der Waals surface area contributed by atoms with E-state index in [-0.39, 0.29) is 6.17 Å². The van der Waals surface area contributed by atoms with Gasteiger partial charge in [-0.1, -0.05) is 133 Å². The summed E-state index contributed by atoms with van der Waals surface area (Å²) < 4.78 is 0. The first kappa shape index (κ1) is 22.2. The van der Waals surface area contributed by atoms with Gasteiger partial charge < -0.3 is 5.32 Å². The Hall–Kier alpha value is -5.02. The first-order chi connectivity index (χ1) is 18.8. The molecule has 6 aromatic carbocycles. The first-order valence-electron chi connectivity index (χ1n) is 12.9. The van der Waals surface area contributed by atoms with Crippen LogP contribution in [0, 0.1) is 0 Å². The highest BCUT2D eigenvalue weighted by molar-refractivity contribution is 6.17. The Morgan fingerprint density at radius 3 is 2.03 bits per heavy atom. The van der Waals surface area contributed by atoms with Gasteiger partial charge in [0.2, 0.25) is 0 Å². The number of nitrogens with zero attached hydrogens (tertiary/aromatic N) is 2. The Morgan fingerprint density at radius 1 is 0.500 bits per heavy atom. The fraction of sp³-hybridized carbons (Fsp3) is 0.0286. The van der Waals surface area contributed by atoms with Crippen molar-refractivity contribution < 1.29 is 0 Å². The van der Waals surface area contributed by atoms with Crippen LogP contribution in [-0.4, -0.2) is 11.7 Å². The SMILES string of the molecule is c1ccc(C2=NC(c3cccc4cc(-c5ccccc5)ccc34)=NC(c3cccc4ccccc34)N2)cc1. The Bertz CT molecular complexity index is 1830. The van der Waals surface area contributed by atoms with E-state index in [1.54, 1.807) is 0 Å². The fourth-order valence-corrected chi connectivity index (χ4v) is 5.25. The molecular formula is C35H25N3. The van der Waals surface area contributed by atoms with Crippen LogP contribution in [0.5, 0.6) is 0 Å². The molecule has 6 aromatic rings. The van der Waals surface area contributed by atoms with E-state index in [1.807, 2.05) is 24.3 Å². The van der Waals surface area contributed by atoms with Gasteiger partial charge in [-0.25, -0.2) is 9.98 Å². The highest BCUT2D eigenvalue weighted by atomic mass is 15.2. The molecule has 0 saturated heterocycles. The minimum atomic E-state index is -0.261. The summed E-state index contributed by atoms with van der Waals surface area (Å²) in [4.78, 5) is 10.3. The normalized spacial score (nSPS) is 15.1. The number of aliphatic imine (C=N–C) groups is 2. The number of hydrogen-bond donors (Lipinski definition) is 1. The van der Waals surface area contributed by atoms with E-state index < -0.39 is 0 Å². The van der Waals surface area contributed by atoms with E-state index >= 15 is 0 Å². The number of amidine groups is 2. The average Bonchev–Trinajstić information content (AvgIpc) is 3.01. The van der Waals surface area contributed by atoms with Crippen molar-refractivity contribution in [2.45, 2.75) is 6.17 Å². The lowest BCUT2D eigenvalue weighted by atomic mass is 9.97. The third kappa shape index (κ3) is 4.04. The van der Waals surface area contributed by atoms with Gasteiger partial charge >= 0.3 is 0 Å². The third-order valence-electron chi connectivity index (χ3n) is 7.14. The van der Waals surface area contributed by atoms with Crippen molar-refractivity contribution in [3.05, 3.63) is 156 Å². The average molecular weight is 488 g/mol. The predicted octanol–water partition coefficient (Wildman–Crippen LogP) is 8.16. The summed E-state index contributed by atoms with van der Waals surface area (Å²) in [6.07, 6.45) is -0.261. The molecule has 1 atom stereocenters. The molecule has 0 radical (unpaired) electrons. The zero-order valence-electron chi connectivity index (χ0n) is 20.8. The molecule has 0 amide bonds. The Labute approximate surface area is 221 Å². The maximum atomic E-state index is 5.20. The monoisotopic (exact) mass is 487 g/mol. The van der Waals surface area contributed by atoms with Gasteiger partial charge in [-0.2, -0.15) is 0 Å². The molecule has 0 bridgehead atoms. The Morgan fingerprint density at radius 2 is 1.18 bits per heavy atom. The molecule has 1 unspecified atom stereocenters. The molecule has 0 spiro atoms. The molecule has 1 aliphatic heterocycles. The molecule has 0 fully saturated rings. The molecular weight excluding hydrogens is 462 g/mol. The van der Waals surface area contributed by atoms with Crippen LogP contribution in [0.1, 0.15) is 22.9 Å². The Kier molecular flexibility index (Phi) is 5.52. The van der Waals surface area contributed by atoms with Crippen molar-refractivity contribution in [3.63, 3.8) is 0 Å². The summed E-state index contributed by atoms with van der Waals surface area (Å²) in [7, 11) is 0. The molecule has 1 aliphatic rings. The van der Waals surface area contributed by atoms with Crippen molar-refractivity contribution in [2.75, 3.05) is 0 Å². The van der Waals surface area contributed by atoms with Crippen molar-refractivity contribution in [1.82, 2.24) is 5.32 Å². The molecule has 7 rings (SSSR count). The summed E-state index contributed by atoms with van der Waals surface area (Å²) in [6.45, 7) is 0. The van der Waals surface area contributed by atoms with Crippen LogP contribution in [0.3, 0.4) is 0 Å². The van der Waals surface area contributed by atoms with Gasteiger partial charge in [0.25, 0.3) is 0 Å². The van der Waals surface area contributed by atoms with Gasteiger partial charge in [0.05, 0.1) is 0 Å². The molecule has 0 aromatic heterocycles. The highest BCUT2D eigenvalue weighted by Gasteiger charge is 2.23. The van der Waals surface area contributed by atoms with Crippen LogP contribution in [0.4, 0.5) is 0 Å². The van der Waals surface area contributed by atoms with Crippen molar-refractivity contribution in [3.8, 4) is 11.1 Å². The highest BCUT2D eigenvalue weighted by Crippen LogP contribution is 2.31. The summed E-state index contributed by atoms with van der Waals surface area (Å²) in [5.74, 6) is 1.56. The molecule has 0 saturated carbocycles. The van der Waals surface area contributed by atoms with Gasteiger partial charge in [0.15, 0.2) is 5.84 Å². The van der Waals surface area contributed by atoms with Gasteiger partial charge in [0, 0.05) is 16.7 Å². The van der Waals surface area contributed by atoms with E-state index in [2.05, 4.69) is 121 Å². The molecule has 3 heteroatoms. The summed E-state index contributed by atoms with van der Waals surface area (Å²) in [6, 6.07) is 48.7. The standard InChI is InChI=1S/C35H25N3/c1-3-11-24(12-4-1)27-21-22-30-28(23-27)17-10-20-32(30)35-37-33(26-14-5-2-6-15-26)36-34(38-35)31-19-9-16-25-13-7-8-18-29(25)31/h1-23,34H,(H,36,37,38). The van der Waals surface area contributed by atoms with Crippen molar-refractivity contribution in [1.29, 1.82) is 0 Å². The van der Waals surface area contributed by atoms with Crippen LogP contribution in [-0.2, 0) is 0 Å². The Balaban J connectivity index is 1.39. The maximum Gasteiger partial charge on any atom is 0.160 e. The lowest BCUT2D eigenvalue weighted by Gasteiger charge is -2.25. The number of fused-ring (bicyclic) bond motifs is 2. The van der Waals surface area contributed by atoms with E-state index in [9.17, 15) is 0 Å². The smallest absolute Gasteiger partial charge is 0.160 e. The zero-order valence-corrected chi connectivity index (χ0v) is 20.8. The van der Waals surface area contributed by atoms with E-state index in [4.69, 9.17) is 9.98 Å². The second kappa shape index (κ2) is 9.45. The minimum absolute atomic E-state index is 0.261. The van der Waals surface area contributed by atoms with Gasteiger partial charge in [-0.05, 0) is 38.7 Å². The van der Waals surface area contributed by atoms with Gasteiger partial charge in [0.1, 0.15) is 12.0 Å². The van der Waals surface area contributed by atoms with Crippen LogP contribution in [0.2, 0.25) is 0 Å². The van der Waals surface area contributed by atoms with Crippen LogP contribution in [0.25, 0.3) is 32.7 Å². The number of rotatable bonds is 4. The molecule has 180 valence electrons. The predicted molar refractivity (Wildman–Crippen MR) is 159 cm³/mol. The van der Waals surface area contributed by atoms with Gasteiger partial charge in [-0.15, -0.1) is 0 Å². The zero-order chi connectivity index (χ0) is 25.3. The van der Waals surface area contributed by atoms with E-state index in [1.165, 1.54) is 27.3 Å². The van der Waals surface area contributed by atoms with E-state index in [0.717, 1.165) is 33.7 Å². The van der Waals surface area contributed by atoms with Gasteiger partial charge in [-0.3, -0.25) is 0 Å². The van der Waals surface area contributed by atoms with Crippen LogP contribution < -0.4 is 5.32 Å². The fourth-order valence-electron chi connectivity index (χ4n) is 5.25. The second-order valence-corrected chi connectivity index (χ2v) is 9.50. The van der Waals surface area contributed by atoms with Crippen molar-refractivity contribution >= 4 is 33.2 Å². The third-order valence-corrected chi connectivity index (χ3v) is 7.14. The molecule has 38 heavy (non-hydrogen) atoms.